The van der Waals surface area contributed by atoms with E-state index in [2.05, 4.69) is 36.6 Å². The van der Waals surface area contributed by atoms with Crippen molar-refractivity contribution in [1.29, 1.82) is 0 Å². The van der Waals surface area contributed by atoms with Crippen LogP contribution in [0.25, 0.3) is 21.5 Å². The Hall–Kier alpha value is -3.29. The van der Waals surface area contributed by atoms with Crippen molar-refractivity contribution in [3.63, 3.8) is 0 Å². The number of halogens is 2. The molecule has 202 valence electrons. The molecule has 0 bridgehead atoms. The van der Waals surface area contributed by atoms with Crippen LogP contribution >= 0.6 is 31.9 Å². The highest BCUT2D eigenvalue weighted by Gasteiger charge is 2.44. The molecule has 0 aromatic heterocycles. The molecule has 6 rings (SSSR count). The van der Waals surface area contributed by atoms with Crippen LogP contribution in [0.15, 0.2) is 118 Å². The van der Waals surface area contributed by atoms with Crippen LogP contribution in [0.4, 0.5) is 0 Å². The molecular weight excluding hydrogens is 632 g/mol. The summed E-state index contributed by atoms with van der Waals surface area (Å²) >= 11 is 7.28. The molecule has 0 fully saturated rings. The zero-order valence-electron chi connectivity index (χ0n) is 22.1. The summed E-state index contributed by atoms with van der Waals surface area (Å²) in [5.41, 5.74) is 0.0946. The van der Waals surface area contributed by atoms with Gasteiger partial charge in [0, 0.05) is 15.9 Å². The van der Waals surface area contributed by atoms with Crippen LogP contribution in [0.1, 0.15) is 36.1 Å². The van der Waals surface area contributed by atoms with Gasteiger partial charge in [0.25, 0.3) is 0 Å². The minimum atomic E-state index is -1.39. The van der Waals surface area contributed by atoms with Gasteiger partial charge in [-0.25, -0.2) is 0 Å². The Bertz CT molecular complexity index is 1640. The van der Waals surface area contributed by atoms with Gasteiger partial charge in [-0.05, 0) is 75.0 Å². The molecule has 2 atom stereocenters. The third kappa shape index (κ3) is 4.90. The maximum Gasteiger partial charge on any atom is 0.302 e. The summed E-state index contributed by atoms with van der Waals surface area (Å²) in [5, 5.41) is 28.4. The highest BCUT2D eigenvalue weighted by Crippen LogP contribution is 2.48. The summed E-state index contributed by atoms with van der Waals surface area (Å²) in [7, 11) is 0. The zero-order chi connectivity index (χ0) is 28.5. The average molecular weight is 660 g/mol. The van der Waals surface area contributed by atoms with E-state index in [4.69, 9.17) is 0 Å². The Morgan fingerprint density at radius 2 is 1.00 bits per heavy atom. The molecule has 40 heavy (non-hydrogen) atoms. The Kier molecular flexibility index (Phi) is 7.98. The molecule has 0 unspecified atom stereocenters. The van der Waals surface area contributed by atoms with Crippen LogP contribution < -0.4 is 0 Å². The second kappa shape index (κ2) is 11.3. The van der Waals surface area contributed by atoms with Gasteiger partial charge < -0.3 is 14.9 Å². The van der Waals surface area contributed by atoms with Gasteiger partial charge in [-0.2, -0.15) is 0 Å². The van der Waals surface area contributed by atoms with Gasteiger partial charge in [0.1, 0.15) is 11.2 Å². The SMILES string of the molecule is CCOC(C)=O.O[C@]1(c2ccc(Br)c3ccccc23)C=C[C@](O)(c2ccc(Br)c3ccccc23)c2ccccc21. The molecule has 0 saturated carbocycles. The fourth-order valence-corrected chi connectivity index (χ4v) is 6.39. The average Bonchev–Trinajstić information content (AvgIpc) is 2.96. The van der Waals surface area contributed by atoms with Crippen LogP contribution in [-0.2, 0) is 20.7 Å². The zero-order valence-corrected chi connectivity index (χ0v) is 25.2. The second-order valence-electron chi connectivity index (χ2n) is 9.62. The molecule has 0 amide bonds. The molecule has 0 saturated heterocycles. The summed E-state index contributed by atoms with van der Waals surface area (Å²) in [5.74, 6) is -0.211. The molecule has 0 aliphatic heterocycles. The van der Waals surface area contributed by atoms with Crippen LogP contribution in [-0.4, -0.2) is 22.8 Å². The van der Waals surface area contributed by atoms with Gasteiger partial charge in [-0.3, -0.25) is 4.79 Å². The number of fused-ring (bicyclic) bond motifs is 3. The van der Waals surface area contributed by atoms with E-state index in [1.807, 2.05) is 97.1 Å². The molecule has 1 aliphatic carbocycles. The van der Waals surface area contributed by atoms with Crippen molar-refractivity contribution in [3.05, 3.63) is 140 Å². The quantitative estimate of drug-likeness (QED) is 0.152. The molecule has 2 N–H and O–H groups in total. The minimum Gasteiger partial charge on any atom is -0.466 e. The summed E-state index contributed by atoms with van der Waals surface area (Å²) in [4.78, 5) is 9.82. The van der Waals surface area contributed by atoms with E-state index >= 15 is 0 Å². The lowest BCUT2D eigenvalue weighted by Gasteiger charge is -2.40. The number of carbonyl (C=O) groups excluding carboxylic acids is 1. The van der Waals surface area contributed by atoms with Crippen LogP contribution in [0.5, 0.6) is 0 Å². The first-order valence-electron chi connectivity index (χ1n) is 12.9. The highest BCUT2D eigenvalue weighted by atomic mass is 79.9. The Labute approximate surface area is 250 Å². The molecule has 5 aromatic rings. The first-order valence-corrected chi connectivity index (χ1v) is 14.5. The maximum absolute atomic E-state index is 12.2. The molecule has 0 spiro atoms. The Morgan fingerprint density at radius 3 is 1.35 bits per heavy atom. The number of rotatable bonds is 3. The lowest BCUT2D eigenvalue weighted by molar-refractivity contribution is -0.140. The van der Waals surface area contributed by atoms with E-state index in [0.717, 1.165) is 41.6 Å². The third-order valence-electron chi connectivity index (χ3n) is 7.22. The van der Waals surface area contributed by atoms with E-state index in [-0.39, 0.29) is 5.97 Å². The molecule has 5 aromatic carbocycles. The summed E-state index contributed by atoms with van der Waals surface area (Å²) < 4.78 is 6.35. The first kappa shape index (κ1) is 28.2. The van der Waals surface area contributed by atoms with Crippen molar-refractivity contribution in [2.24, 2.45) is 0 Å². The number of ether oxygens (including phenoxy) is 1. The number of benzene rings is 5. The molecule has 4 nitrogen and oxygen atoms in total. The van der Waals surface area contributed by atoms with Crippen molar-refractivity contribution >= 4 is 59.4 Å². The van der Waals surface area contributed by atoms with Crippen molar-refractivity contribution in [1.82, 2.24) is 0 Å². The number of aliphatic hydroxyl groups is 2. The molecule has 0 heterocycles. The number of esters is 1. The van der Waals surface area contributed by atoms with Crippen LogP contribution in [0, 0.1) is 0 Å². The minimum absolute atomic E-state index is 0.211. The smallest absolute Gasteiger partial charge is 0.302 e. The van der Waals surface area contributed by atoms with E-state index < -0.39 is 11.2 Å². The van der Waals surface area contributed by atoms with Gasteiger partial charge in [0.2, 0.25) is 0 Å². The van der Waals surface area contributed by atoms with Gasteiger partial charge in [0.15, 0.2) is 0 Å². The van der Waals surface area contributed by atoms with Crippen molar-refractivity contribution in [2.75, 3.05) is 6.61 Å². The summed E-state index contributed by atoms with van der Waals surface area (Å²) in [6.45, 7) is 3.65. The lowest BCUT2D eigenvalue weighted by atomic mass is 9.70. The van der Waals surface area contributed by atoms with Gasteiger partial charge >= 0.3 is 5.97 Å². The first-order chi connectivity index (χ1) is 19.2. The second-order valence-corrected chi connectivity index (χ2v) is 11.3. The maximum atomic E-state index is 12.2. The number of carbonyl (C=O) groups is 1. The predicted octanol–water partition coefficient (Wildman–Crippen LogP) is 8.13. The fraction of sp³-hybridized carbons (Fsp3) is 0.147. The molecule has 6 heteroatoms. The van der Waals surface area contributed by atoms with E-state index in [1.54, 1.807) is 19.1 Å². The molecule has 1 aliphatic rings. The van der Waals surface area contributed by atoms with Crippen molar-refractivity contribution in [3.8, 4) is 0 Å². The van der Waals surface area contributed by atoms with E-state index in [9.17, 15) is 15.0 Å². The molecular formula is C34H28Br2O4. The molecule has 0 radical (unpaired) electrons. The Morgan fingerprint density at radius 1 is 0.625 bits per heavy atom. The monoisotopic (exact) mass is 658 g/mol. The highest BCUT2D eigenvalue weighted by molar-refractivity contribution is 9.11. The van der Waals surface area contributed by atoms with Gasteiger partial charge in [-0.1, -0.05) is 117 Å². The van der Waals surface area contributed by atoms with Crippen molar-refractivity contribution in [2.45, 2.75) is 25.0 Å². The van der Waals surface area contributed by atoms with E-state index in [0.29, 0.717) is 17.7 Å². The lowest BCUT2D eigenvalue weighted by Crippen LogP contribution is -2.38. The van der Waals surface area contributed by atoms with Gasteiger partial charge in [-0.15, -0.1) is 0 Å². The van der Waals surface area contributed by atoms with Crippen LogP contribution in [0.2, 0.25) is 0 Å². The van der Waals surface area contributed by atoms with E-state index in [1.165, 1.54) is 6.92 Å². The predicted molar refractivity (Wildman–Crippen MR) is 167 cm³/mol. The van der Waals surface area contributed by atoms with Gasteiger partial charge in [0.05, 0.1) is 6.61 Å². The van der Waals surface area contributed by atoms with Crippen LogP contribution in [0.3, 0.4) is 0 Å². The number of hydrogen-bond acceptors (Lipinski definition) is 4. The summed E-state index contributed by atoms with van der Waals surface area (Å²) in [6.07, 6.45) is 3.48. The summed E-state index contributed by atoms with van der Waals surface area (Å²) in [6, 6.07) is 31.5. The standard InChI is InChI=1S/C30H20Br2O2.C4H8O2/c31-27-15-13-23(19-7-1-3-9-21(19)27)29(33)17-18-30(34,26-12-6-5-11-25(26)29)24-14-16-28(32)22-10-4-2-8-20(22)24;1-3-6-4(2)5/h1-18,33-34H;3H2,1-2H3/t29-,30-;/m0./s1. The largest absolute Gasteiger partial charge is 0.466 e. The topological polar surface area (TPSA) is 66.8 Å². The number of hydrogen-bond donors (Lipinski definition) is 2. The van der Waals surface area contributed by atoms with Crippen molar-refractivity contribution < 1.29 is 19.7 Å². The third-order valence-corrected chi connectivity index (χ3v) is 8.61. The fourth-order valence-electron chi connectivity index (χ4n) is 5.43. The normalized spacial score (nSPS) is 19.6. The Balaban J connectivity index is 0.000000487.